The lowest BCUT2D eigenvalue weighted by Gasteiger charge is -2.24. The highest BCUT2D eigenvalue weighted by Crippen LogP contribution is 2.43. The smallest absolute Gasteiger partial charge is 0.457 e. The third kappa shape index (κ3) is 45.5. The van der Waals surface area contributed by atoms with E-state index in [-0.39, 0.29) is 25.8 Å². The van der Waals surface area contributed by atoms with E-state index in [4.69, 9.17) is 18.5 Å². The number of likely N-dealkylation sites (N-methyl/N-ethyl adjacent to an activating group) is 1. The second-order valence-corrected chi connectivity index (χ2v) is 18.6. The predicted molar refractivity (Wildman–Crippen MR) is 247 cm³/mol. The van der Waals surface area contributed by atoms with E-state index >= 15 is 0 Å². The molecule has 0 spiro atoms. The number of phosphoric ester groups is 1. The fourth-order valence-corrected chi connectivity index (χ4v) is 7.19. The molecule has 0 aromatic rings. The molecule has 0 fully saturated rings. The van der Waals surface area contributed by atoms with Gasteiger partial charge in [0, 0.05) is 13.0 Å². The zero-order chi connectivity index (χ0) is 42.7. The largest absolute Gasteiger partial charge is 0.472 e. The fraction of sp³-hybridized carbons (Fsp3) is 0.816. The molecule has 2 atom stereocenters. The lowest BCUT2D eigenvalue weighted by atomic mass is 10.1. The van der Waals surface area contributed by atoms with Crippen LogP contribution in [0.1, 0.15) is 200 Å². The number of carbonyl (C=O) groups is 1. The van der Waals surface area contributed by atoms with Gasteiger partial charge in [-0.05, 0) is 70.6 Å². The van der Waals surface area contributed by atoms with Gasteiger partial charge in [-0.3, -0.25) is 13.8 Å². The zero-order valence-corrected chi connectivity index (χ0v) is 39.4. The summed E-state index contributed by atoms with van der Waals surface area (Å²) in [5, 5.41) is 0. The van der Waals surface area contributed by atoms with E-state index < -0.39 is 13.9 Å². The number of hydrogen-bond acceptors (Lipinski definition) is 6. The third-order valence-electron chi connectivity index (χ3n) is 10.1. The summed E-state index contributed by atoms with van der Waals surface area (Å²) in [6, 6.07) is 0. The van der Waals surface area contributed by atoms with Crippen LogP contribution in [0.15, 0.2) is 48.6 Å². The molecule has 2 unspecified atom stereocenters. The summed E-state index contributed by atoms with van der Waals surface area (Å²) in [6.07, 6.45) is 51.4. The first kappa shape index (κ1) is 56.5. The summed E-state index contributed by atoms with van der Waals surface area (Å²) in [5.74, 6) is -0.321. The minimum atomic E-state index is -4.28. The van der Waals surface area contributed by atoms with Crippen LogP contribution in [0.2, 0.25) is 0 Å². The Morgan fingerprint density at radius 2 is 1.00 bits per heavy atom. The standard InChI is InChI=1S/C49H92NO7P/c1-6-8-10-12-14-16-18-20-22-24-26-28-30-32-34-36-38-40-42-49(51)57-48(47-56-58(52,53)55-45-43-50(3,4)5)46-54-44-41-39-37-35-33-31-29-27-25-23-21-19-17-15-13-11-9-7-2/h9,11,15,17,21-24,48H,6-8,10,12-14,16,18-20,25-47H2,1-5H3/p+1/b11-9-,17-15-,23-21-,24-22-. The maximum Gasteiger partial charge on any atom is 0.472 e. The number of rotatable bonds is 44. The minimum Gasteiger partial charge on any atom is -0.457 e. The third-order valence-corrected chi connectivity index (χ3v) is 11.1. The lowest BCUT2D eigenvalue weighted by molar-refractivity contribution is -0.870. The molecule has 0 rings (SSSR count). The van der Waals surface area contributed by atoms with Gasteiger partial charge in [-0.2, -0.15) is 0 Å². The molecule has 340 valence electrons. The van der Waals surface area contributed by atoms with Gasteiger partial charge in [0.1, 0.15) is 19.3 Å². The molecule has 0 saturated heterocycles. The number of ether oxygens (including phenoxy) is 2. The molecular weight excluding hydrogens is 746 g/mol. The Morgan fingerprint density at radius 3 is 1.52 bits per heavy atom. The van der Waals surface area contributed by atoms with Crippen molar-refractivity contribution >= 4 is 13.8 Å². The van der Waals surface area contributed by atoms with Gasteiger partial charge < -0.3 is 18.9 Å². The van der Waals surface area contributed by atoms with Gasteiger partial charge in [-0.15, -0.1) is 0 Å². The van der Waals surface area contributed by atoms with Crippen molar-refractivity contribution in [2.75, 3.05) is 54.1 Å². The molecular formula is C49H93NO7P+. The first-order valence-electron chi connectivity index (χ1n) is 23.9. The number of allylic oxidation sites excluding steroid dienone is 8. The Morgan fingerprint density at radius 1 is 0.552 bits per heavy atom. The van der Waals surface area contributed by atoms with E-state index in [0.717, 1.165) is 51.4 Å². The van der Waals surface area contributed by atoms with Crippen LogP contribution in [-0.4, -0.2) is 75.6 Å². The van der Waals surface area contributed by atoms with Crippen molar-refractivity contribution in [2.24, 2.45) is 0 Å². The second kappa shape index (κ2) is 42.2. The Hall–Kier alpha value is -1.54. The zero-order valence-electron chi connectivity index (χ0n) is 38.5. The van der Waals surface area contributed by atoms with Crippen LogP contribution in [0.3, 0.4) is 0 Å². The first-order chi connectivity index (χ1) is 28.1. The predicted octanol–water partition coefficient (Wildman–Crippen LogP) is 14.3. The van der Waals surface area contributed by atoms with Crippen LogP contribution < -0.4 is 0 Å². The van der Waals surface area contributed by atoms with Gasteiger partial charge in [-0.1, -0.05) is 172 Å². The number of unbranched alkanes of at least 4 members (excludes halogenated alkanes) is 22. The van der Waals surface area contributed by atoms with Crippen LogP contribution in [0, 0.1) is 0 Å². The first-order valence-corrected chi connectivity index (χ1v) is 25.4. The van der Waals surface area contributed by atoms with Crippen molar-refractivity contribution in [3.05, 3.63) is 48.6 Å². The molecule has 9 heteroatoms. The molecule has 0 aromatic heterocycles. The second-order valence-electron chi connectivity index (χ2n) is 17.1. The van der Waals surface area contributed by atoms with Gasteiger partial charge in [0.05, 0.1) is 34.4 Å². The van der Waals surface area contributed by atoms with Gasteiger partial charge >= 0.3 is 13.8 Å². The van der Waals surface area contributed by atoms with Crippen LogP contribution >= 0.6 is 7.82 Å². The Labute approximate surface area is 358 Å². The van der Waals surface area contributed by atoms with Crippen molar-refractivity contribution < 1.29 is 37.3 Å². The molecule has 0 radical (unpaired) electrons. The Balaban J connectivity index is 4.20. The van der Waals surface area contributed by atoms with Gasteiger partial charge in [0.15, 0.2) is 0 Å². The summed E-state index contributed by atoms with van der Waals surface area (Å²) in [4.78, 5) is 22.9. The molecule has 8 nitrogen and oxygen atoms in total. The average Bonchev–Trinajstić information content (AvgIpc) is 3.18. The summed E-state index contributed by atoms with van der Waals surface area (Å²) in [6.45, 7) is 5.50. The Bertz CT molecular complexity index is 1070. The highest BCUT2D eigenvalue weighted by atomic mass is 31.2. The normalized spacial score (nSPS) is 14.1. The van der Waals surface area contributed by atoms with E-state index in [1.54, 1.807) is 0 Å². The molecule has 0 aromatic carbocycles. The molecule has 58 heavy (non-hydrogen) atoms. The summed E-state index contributed by atoms with van der Waals surface area (Å²) in [5.41, 5.74) is 0. The van der Waals surface area contributed by atoms with E-state index in [0.29, 0.717) is 24.1 Å². The van der Waals surface area contributed by atoms with E-state index in [9.17, 15) is 14.3 Å². The monoisotopic (exact) mass is 839 g/mol. The van der Waals surface area contributed by atoms with E-state index in [2.05, 4.69) is 62.5 Å². The number of esters is 1. The van der Waals surface area contributed by atoms with Crippen molar-refractivity contribution in [1.82, 2.24) is 0 Å². The number of phosphoric acid groups is 1. The van der Waals surface area contributed by atoms with E-state index in [1.165, 1.54) is 128 Å². The SMILES string of the molecule is CC/C=C\C/C=C\C/C=C\CCCCCCCCCCOCC(COP(=O)(O)OCC[N+](C)(C)C)OC(=O)CCCCCCCCC/C=C\CCCCCCCCC. The van der Waals surface area contributed by atoms with Gasteiger partial charge in [-0.25, -0.2) is 4.57 Å². The Kier molecular flexibility index (Phi) is 41.0. The molecule has 0 heterocycles. The maximum absolute atomic E-state index is 12.7. The summed E-state index contributed by atoms with van der Waals surface area (Å²) in [7, 11) is 1.66. The van der Waals surface area contributed by atoms with Crippen LogP contribution in [0.25, 0.3) is 0 Å². The van der Waals surface area contributed by atoms with Gasteiger partial charge in [0.25, 0.3) is 0 Å². The van der Waals surface area contributed by atoms with Gasteiger partial charge in [0.2, 0.25) is 0 Å². The number of carbonyl (C=O) groups excluding carboxylic acids is 1. The quantitative estimate of drug-likeness (QED) is 0.0215. The van der Waals surface area contributed by atoms with Crippen molar-refractivity contribution in [1.29, 1.82) is 0 Å². The molecule has 0 saturated carbocycles. The fourth-order valence-electron chi connectivity index (χ4n) is 6.44. The van der Waals surface area contributed by atoms with Crippen molar-refractivity contribution in [3.63, 3.8) is 0 Å². The molecule has 0 aliphatic heterocycles. The highest BCUT2D eigenvalue weighted by molar-refractivity contribution is 7.47. The molecule has 0 bridgehead atoms. The highest BCUT2D eigenvalue weighted by Gasteiger charge is 2.26. The molecule has 0 aliphatic rings. The average molecular weight is 839 g/mol. The number of quaternary nitrogens is 1. The van der Waals surface area contributed by atoms with E-state index in [1.807, 2.05) is 21.1 Å². The van der Waals surface area contributed by atoms with Crippen molar-refractivity contribution in [3.8, 4) is 0 Å². The topological polar surface area (TPSA) is 91.3 Å². The van der Waals surface area contributed by atoms with Crippen LogP contribution in [0.5, 0.6) is 0 Å². The molecule has 1 N–H and O–H groups in total. The summed E-state index contributed by atoms with van der Waals surface area (Å²) < 4.78 is 35.1. The number of nitrogens with zero attached hydrogens (tertiary/aromatic N) is 1. The number of hydrogen-bond donors (Lipinski definition) is 1. The van der Waals surface area contributed by atoms with Crippen molar-refractivity contribution in [2.45, 2.75) is 206 Å². The lowest BCUT2D eigenvalue weighted by Crippen LogP contribution is -2.37. The molecule has 0 amide bonds. The van der Waals surface area contributed by atoms with Crippen LogP contribution in [0.4, 0.5) is 0 Å². The molecule has 0 aliphatic carbocycles. The summed E-state index contributed by atoms with van der Waals surface area (Å²) >= 11 is 0. The minimum absolute atomic E-state index is 0.0851. The van der Waals surface area contributed by atoms with Crippen LogP contribution in [-0.2, 0) is 27.9 Å². The maximum atomic E-state index is 12.7.